The van der Waals surface area contributed by atoms with Crippen LogP contribution in [-0.2, 0) is 12.7 Å². The Labute approximate surface area is 217 Å². The van der Waals surface area contributed by atoms with Crippen LogP contribution < -0.4 is 20.1 Å². The van der Waals surface area contributed by atoms with Crippen LogP contribution in [0, 0.1) is 6.92 Å². The van der Waals surface area contributed by atoms with E-state index in [2.05, 4.69) is 20.6 Å². The summed E-state index contributed by atoms with van der Waals surface area (Å²) in [6.07, 6.45) is -4.57. The maximum Gasteiger partial charge on any atom is 0.416 e. The summed E-state index contributed by atoms with van der Waals surface area (Å²) in [6, 6.07) is 14.4. The van der Waals surface area contributed by atoms with E-state index in [1.807, 2.05) is 38.1 Å². The minimum absolute atomic E-state index is 0.0931. The van der Waals surface area contributed by atoms with Crippen molar-refractivity contribution in [2.24, 2.45) is 0 Å². The van der Waals surface area contributed by atoms with Gasteiger partial charge in [-0.15, -0.1) is 0 Å². The van der Waals surface area contributed by atoms with Crippen molar-refractivity contribution in [3.8, 4) is 17.4 Å². The number of halogens is 3. The zero-order chi connectivity index (χ0) is 27.4. The molecule has 0 bridgehead atoms. The average molecular weight is 526 g/mol. The highest BCUT2D eigenvalue weighted by Gasteiger charge is 2.31. The number of anilines is 2. The van der Waals surface area contributed by atoms with E-state index in [1.54, 1.807) is 30.3 Å². The molecule has 0 aliphatic heterocycles. The molecule has 0 radical (unpaired) electrons. The van der Waals surface area contributed by atoms with Crippen LogP contribution in [0.1, 0.15) is 17.1 Å². The molecular weight excluding hydrogens is 499 g/mol. The number of alkyl halides is 3. The summed E-state index contributed by atoms with van der Waals surface area (Å²) in [5, 5.41) is 6.51. The number of aryl methyl sites for hydroxylation is 1. The Morgan fingerprint density at radius 2 is 1.61 bits per heavy atom. The fraction of sp³-hybridized carbons (Fsp3) is 0.222. The van der Waals surface area contributed by atoms with Gasteiger partial charge in [-0.25, -0.2) is 9.78 Å². The van der Waals surface area contributed by atoms with Gasteiger partial charge >= 0.3 is 12.2 Å². The first-order chi connectivity index (χ1) is 18.0. The summed E-state index contributed by atoms with van der Waals surface area (Å²) < 4.78 is 50.7. The first-order valence-electron chi connectivity index (χ1n) is 11.6. The minimum Gasteiger partial charge on any atom is -0.495 e. The Bertz CT molecular complexity index is 1470. The van der Waals surface area contributed by atoms with Crippen molar-refractivity contribution in [1.29, 1.82) is 0 Å². The smallest absolute Gasteiger partial charge is 0.416 e. The average Bonchev–Trinajstić information content (AvgIpc) is 2.84. The number of aromatic nitrogens is 2. The molecule has 0 aliphatic rings. The molecule has 0 atom stereocenters. The predicted octanol–water partition coefficient (Wildman–Crippen LogP) is 6.46. The summed E-state index contributed by atoms with van der Waals surface area (Å²) in [5.74, 6) is 1.61. The molecule has 198 valence electrons. The van der Waals surface area contributed by atoms with Crippen LogP contribution >= 0.6 is 0 Å². The van der Waals surface area contributed by atoms with Crippen LogP contribution in [0.2, 0.25) is 0 Å². The number of urea groups is 1. The van der Waals surface area contributed by atoms with E-state index in [-0.39, 0.29) is 11.4 Å². The Morgan fingerprint density at radius 3 is 2.29 bits per heavy atom. The number of amides is 2. The van der Waals surface area contributed by atoms with Crippen molar-refractivity contribution in [3.05, 3.63) is 77.7 Å². The lowest BCUT2D eigenvalue weighted by Crippen LogP contribution is -2.20. The number of nitrogens with one attached hydrogen (secondary N) is 2. The lowest BCUT2D eigenvalue weighted by atomic mass is 10.1. The molecule has 4 rings (SSSR count). The van der Waals surface area contributed by atoms with Gasteiger partial charge in [-0.2, -0.15) is 18.2 Å². The molecule has 3 aromatic carbocycles. The van der Waals surface area contributed by atoms with E-state index in [0.29, 0.717) is 40.5 Å². The molecule has 1 aromatic heterocycles. The van der Waals surface area contributed by atoms with E-state index < -0.39 is 17.8 Å². The van der Waals surface area contributed by atoms with E-state index in [4.69, 9.17) is 9.47 Å². The largest absolute Gasteiger partial charge is 0.495 e. The zero-order valence-corrected chi connectivity index (χ0v) is 21.2. The lowest BCUT2D eigenvalue weighted by Gasteiger charge is -2.16. The first kappa shape index (κ1) is 26.7. The molecule has 0 fully saturated rings. The Balaban J connectivity index is 1.60. The van der Waals surface area contributed by atoms with Crippen molar-refractivity contribution in [3.63, 3.8) is 0 Å². The van der Waals surface area contributed by atoms with Crippen LogP contribution in [0.15, 0.2) is 60.7 Å². The molecule has 0 saturated heterocycles. The highest BCUT2D eigenvalue weighted by atomic mass is 19.4. The molecule has 1 heterocycles. The molecule has 11 heteroatoms. The van der Waals surface area contributed by atoms with Crippen molar-refractivity contribution < 1.29 is 27.4 Å². The summed E-state index contributed by atoms with van der Waals surface area (Å²) in [5.41, 5.74) is 0.172. The summed E-state index contributed by atoms with van der Waals surface area (Å²) in [7, 11) is 5.15. The number of methoxy groups -OCH3 is 1. The van der Waals surface area contributed by atoms with Gasteiger partial charge in [0.15, 0.2) is 0 Å². The van der Waals surface area contributed by atoms with Gasteiger partial charge < -0.3 is 25.0 Å². The molecule has 8 nitrogen and oxygen atoms in total. The molecule has 2 amide bonds. The van der Waals surface area contributed by atoms with Gasteiger partial charge in [-0.1, -0.05) is 24.3 Å². The van der Waals surface area contributed by atoms with Crippen LogP contribution in [0.5, 0.6) is 17.4 Å². The molecule has 0 aliphatic carbocycles. The van der Waals surface area contributed by atoms with Gasteiger partial charge in [0, 0.05) is 22.5 Å². The maximum absolute atomic E-state index is 13.2. The number of carbonyl (C=O) groups excluding carboxylic acids is 1. The van der Waals surface area contributed by atoms with E-state index >= 15 is 0 Å². The third kappa shape index (κ3) is 6.30. The monoisotopic (exact) mass is 525 g/mol. The number of hydrogen-bond donors (Lipinski definition) is 2. The Kier molecular flexibility index (Phi) is 7.67. The molecule has 2 N–H and O–H groups in total. The van der Waals surface area contributed by atoms with Crippen LogP contribution in [0.3, 0.4) is 0 Å². The quantitative estimate of drug-likeness (QED) is 0.288. The Hall–Kier alpha value is -4.38. The molecular formula is C27H26F3N5O3. The van der Waals surface area contributed by atoms with E-state index in [0.717, 1.165) is 23.9 Å². The van der Waals surface area contributed by atoms with Gasteiger partial charge in [0.2, 0.25) is 5.88 Å². The van der Waals surface area contributed by atoms with Crippen LogP contribution in [0.4, 0.5) is 29.3 Å². The second-order valence-corrected chi connectivity index (χ2v) is 8.75. The third-order valence-electron chi connectivity index (χ3n) is 5.46. The van der Waals surface area contributed by atoms with Crippen molar-refractivity contribution in [2.75, 3.05) is 31.8 Å². The van der Waals surface area contributed by atoms with Crippen molar-refractivity contribution in [2.45, 2.75) is 19.6 Å². The summed E-state index contributed by atoms with van der Waals surface area (Å²) in [4.78, 5) is 23.7. The SMILES string of the molecule is COc1ccc(C(F)(F)F)cc1NC(=O)Nc1ccc(Oc2cc(C)nc(CN(C)C)n2)c2ccccc12. The van der Waals surface area contributed by atoms with Gasteiger partial charge in [0.25, 0.3) is 0 Å². The first-order valence-corrected chi connectivity index (χ1v) is 11.6. The van der Waals surface area contributed by atoms with Gasteiger partial charge in [0.05, 0.1) is 30.6 Å². The number of carbonyl (C=O) groups is 1. The normalized spacial score (nSPS) is 11.5. The summed E-state index contributed by atoms with van der Waals surface area (Å²) in [6.45, 7) is 2.41. The zero-order valence-electron chi connectivity index (χ0n) is 21.2. The van der Waals surface area contributed by atoms with Gasteiger partial charge in [0.1, 0.15) is 17.3 Å². The summed E-state index contributed by atoms with van der Waals surface area (Å²) >= 11 is 0. The fourth-order valence-electron chi connectivity index (χ4n) is 3.84. The number of ether oxygens (including phenoxy) is 2. The standard InChI is InChI=1S/C27H26F3N5O3/c1-16-13-25(34-24(31-16)15-35(2)3)38-22-12-10-20(18-7-5-6-8-19(18)22)32-26(36)33-21-14-17(27(28,29)30)9-11-23(21)37-4/h5-14H,15H2,1-4H3,(H2,32,33,36). The molecule has 0 saturated carbocycles. The number of nitrogens with zero attached hydrogens (tertiary/aromatic N) is 3. The highest BCUT2D eigenvalue weighted by molar-refractivity contribution is 6.08. The van der Waals surface area contributed by atoms with Gasteiger partial charge in [-0.05, 0) is 51.4 Å². The number of benzene rings is 3. The fourth-order valence-corrected chi connectivity index (χ4v) is 3.84. The van der Waals surface area contributed by atoms with Crippen LogP contribution in [0.25, 0.3) is 10.8 Å². The van der Waals surface area contributed by atoms with E-state index in [1.165, 1.54) is 7.11 Å². The van der Waals surface area contributed by atoms with Crippen molar-refractivity contribution >= 4 is 28.2 Å². The van der Waals surface area contributed by atoms with Crippen LogP contribution in [-0.4, -0.2) is 42.1 Å². The molecule has 38 heavy (non-hydrogen) atoms. The Morgan fingerprint density at radius 1 is 0.921 bits per heavy atom. The second kappa shape index (κ2) is 10.9. The molecule has 4 aromatic rings. The predicted molar refractivity (Wildman–Crippen MR) is 139 cm³/mol. The molecule has 0 unspecified atom stereocenters. The number of rotatable bonds is 7. The maximum atomic E-state index is 13.2. The molecule has 0 spiro atoms. The number of fused-ring (bicyclic) bond motifs is 1. The van der Waals surface area contributed by atoms with E-state index in [9.17, 15) is 18.0 Å². The number of hydrogen-bond acceptors (Lipinski definition) is 6. The topological polar surface area (TPSA) is 88.6 Å². The van der Waals surface area contributed by atoms with Gasteiger partial charge in [-0.3, -0.25) is 0 Å². The third-order valence-corrected chi connectivity index (χ3v) is 5.46. The second-order valence-electron chi connectivity index (χ2n) is 8.75. The lowest BCUT2D eigenvalue weighted by molar-refractivity contribution is -0.137. The highest BCUT2D eigenvalue weighted by Crippen LogP contribution is 2.36. The minimum atomic E-state index is -4.57. The van der Waals surface area contributed by atoms with Crippen molar-refractivity contribution in [1.82, 2.24) is 14.9 Å².